The molecule has 0 bridgehead atoms. The van der Waals surface area contributed by atoms with Crippen molar-refractivity contribution in [2.45, 2.75) is 5.41 Å². The number of nitrogens with zero attached hydrogens (tertiary/aromatic N) is 2. The van der Waals surface area contributed by atoms with Gasteiger partial charge in [0.15, 0.2) is 5.82 Å². The van der Waals surface area contributed by atoms with Crippen molar-refractivity contribution in [3.63, 3.8) is 0 Å². The van der Waals surface area contributed by atoms with Crippen LogP contribution in [0, 0.1) is 0 Å². The fourth-order valence-electron chi connectivity index (χ4n) is 9.73. The first-order valence-corrected chi connectivity index (χ1v) is 21.3. The molecular formula is C57H36N2S. The topological polar surface area (TPSA) is 25.8 Å². The van der Waals surface area contributed by atoms with Crippen LogP contribution in [0.5, 0.6) is 0 Å². The normalized spacial score (nSPS) is 12.8. The highest BCUT2D eigenvalue weighted by molar-refractivity contribution is 7.25. The first-order chi connectivity index (χ1) is 29.7. The molecule has 0 saturated carbocycles. The first kappa shape index (κ1) is 34.6. The van der Waals surface area contributed by atoms with Crippen molar-refractivity contribution >= 4 is 42.3 Å². The van der Waals surface area contributed by atoms with E-state index in [1.807, 2.05) is 11.3 Å². The van der Waals surface area contributed by atoms with Gasteiger partial charge in [-0.05, 0) is 79.5 Å². The molecule has 0 unspecified atom stereocenters. The average Bonchev–Trinajstić information content (AvgIpc) is 3.86. The summed E-state index contributed by atoms with van der Waals surface area (Å²) in [5.41, 5.74) is 14.3. The SMILES string of the molecule is c1ccc(C2(c3ccccc3)c3ccccc3-c3c(-c4cc(-c5ccc(-c6cccc7sc8ccccc8c67)cc5)nc(-c5ccc6ccccc6c5)n4)cccc32)cc1. The maximum atomic E-state index is 5.46. The monoisotopic (exact) mass is 780 g/mol. The lowest BCUT2D eigenvalue weighted by molar-refractivity contribution is 0.768. The van der Waals surface area contributed by atoms with Crippen LogP contribution in [-0.4, -0.2) is 9.97 Å². The second-order valence-electron chi connectivity index (χ2n) is 15.6. The lowest BCUT2D eigenvalue weighted by Gasteiger charge is -2.33. The largest absolute Gasteiger partial charge is 0.228 e. The van der Waals surface area contributed by atoms with Crippen molar-refractivity contribution in [2.75, 3.05) is 0 Å². The minimum Gasteiger partial charge on any atom is -0.228 e. The van der Waals surface area contributed by atoms with E-state index in [1.54, 1.807) is 0 Å². The summed E-state index contributed by atoms with van der Waals surface area (Å²) >= 11 is 1.85. The van der Waals surface area contributed by atoms with Crippen LogP contribution in [-0.2, 0) is 5.41 Å². The predicted octanol–water partition coefficient (Wildman–Crippen LogP) is 15.0. The van der Waals surface area contributed by atoms with E-state index in [0.29, 0.717) is 5.82 Å². The Balaban J connectivity index is 1.07. The highest BCUT2D eigenvalue weighted by Crippen LogP contribution is 2.58. The molecule has 0 amide bonds. The fourth-order valence-corrected chi connectivity index (χ4v) is 10.9. The third kappa shape index (κ3) is 5.33. The molecule has 12 rings (SSSR count). The molecule has 0 atom stereocenters. The Morgan fingerprint density at radius 1 is 0.367 bits per heavy atom. The molecule has 1 aliphatic carbocycles. The molecule has 3 heteroatoms. The minimum absolute atomic E-state index is 0.506. The minimum atomic E-state index is -0.506. The van der Waals surface area contributed by atoms with Gasteiger partial charge in [0.2, 0.25) is 0 Å². The average molecular weight is 781 g/mol. The summed E-state index contributed by atoms with van der Waals surface area (Å²) in [5, 5.41) is 4.97. The summed E-state index contributed by atoms with van der Waals surface area (Å²) < 4.78 is 2.62. The van der Waals surface area contributed by atoms with Crippen LogP contribution >= 0.6 is 11.3 Å². The van der Waals surface area contributed by atoms with Gasteiger partial charge in [-0.2, -0.15) is 0 Å². The molecule has 1 aliphatic rings. The Kier molecular flexibility index (Phi) is 7.97. The molecule has 0 radical (unpaired) electrons. The molecule has 2 aromatic heterocycles. The van der Waals surface area contributed by atoms with Crippen molar-refractivity contribution in [1.29, 1.82) is 0 Å². The Bertz CT molecular complexity index is 3380. The summed E-state index contributed by atoms with van der Waals surface area (Å²) in [6.07, 6.45) is 0. The summed E-state index contributed by atoms with van der Waals surface area (Å²) in [6, 6.07) is 79.2. The maximum Gasteiger partial charge on any atom is 0.160 e. The van der Waals surface area contributed by atoms with Gasteiger partial charge in [0.1, 0.15) is 0 Å². The molecule has 2 nitrogen and oxygen atoms in total. The Morgan fingerprint density at radius 2 is 0.950 bits per heavy atom. The van der Waals surface area contributed by atoms with Crippen LogP contribution < -0.4 is 0 Å². The van der Waals surface area contributed by atoms with Gasteiger partial charge >= 0.3 is 0 Å². The Hall–Kier alpha value is -7.46. The van der Waals surface area contributed by atoms with Gasteiger partial charge in [-0.25, -0.2) is 9.97 Å². The molecule has 60 heavy (non-hydrogen) atoms. The lowest BCUT2D eigenvalue weighted by atomic mass is 9.67. The number of thiophene rings is 1. The third-order valence-corrected chi connectivity index (χ3v) is 13.5. The second-order valence-corrected chi connectivity index (χ2v) is 16.7. The van der Waals surface area contributed by atoms with Gasteiger partial charge < -0.3 is 0 Å². The lowest BCUT2D eigenvalue weighted by Crippen LogP contribution is -2.28. The summed E-state index contributed by atoms with van der Waals surface area (Å²) in [5.74, 6) is 0.702. The highest BCUT2D eigenvalue weighted by atomic mass is 32.1. The fraction of sp³-hybridized carbons (Fsp3) is 0.0175. The molecule has 0 aliphatic heterocycles. The number of hydrogen-bond donors (Lipinski definition) is 0. The van der Waals surface area contributed by atoms with Crippen molar-refractivity contribution in [1.82, 2.24) is 9.97 Å². The molecule has 0 N–H and O–H groups in total. The molecule has 0 saturated heterocycles. The van der Waals surface area contributed by atoms with Gasteiger partial charge in [-0.15, -0.1) is 11.3 Å². The zero-order chi connectivity index (χ0) is 39.6. The molecule has 280 valence electrons. The van der Waals surface area contributed by atoms with Crippen molar-refractivity contribution in [3.8, 4) is 56.2 Å². The van der Waals surface area contributed by atoms with E-state index in [-0.39, 0.29) is 0 Å². The van der Waals surface area contributed by atoms with Crippen LogP contribution in [0.2, 0.25) is 0 Å². The second kappa shape index (κ2) is 13.8. The van der Waals surface area contributed by atoms with Crippen LogP contribution in [0.4, 0.5) is 0 Å². The summed E-state index contributed by atoms with van der Waals surface area (Å²) in [6.45, 7) is 0. The molecule has 11 aromatic rings. The van der Waals surface area contributed by atoms with Gasteiger partial charge in [0.25, 0.3) is 0 Å². The van der Waals surface area contributed by atoms with Crippen LogP contribution in [0.15, 0.2) is 218 Å². The van der Waals surface area contributed by atoms with E-state index in [2.05, 4.69) is 218 Å². The number of benzene rings is 9. The first-order valence-electron chi connectivity index (χ1n) is 20.5. The van der Waals surface area contributed by atoms with Crippen molar-refractivity contribution in [2.24, 2.45) is 0 Å². The van der Waals surface area contributed by atoms with E-state index >= 15 is 0 Å². The zero-order valence-electron chi connectivity index (χ0n) is 32.6. The summed E-state index contributed by atoms with van der Waals surface area (Å²) in [4.78, 5) is 10.8. The Morgan fingerprint density at radius 3 is 1.77 bits per heavy atom. The number of hydrogen-bond acceptors (Lipinski definition) is 3. The quantitative estimate of drug-likeness (QED) is 0.168. The van der Waals surface area contributed by atoms with Crippen molar-refractivity contribution < 1.29 is 0 Å². The summed E-state index contributed by atoms with van der Waals surface area (Å²) in [7, 11) is 0. The van der Waals surface area contributed by atoms with E-state index in [0.717, 1.165) is 33.5 Å². The molecule has 9 aromatic carbocycles. The highest BCUT2D eigenvalue weighted by Gasteiger charge is 2.46. The molecular weight excluding hydrogens is 745 g/mol. The van der Waals surface area contributed by atoms with E-state index in [1.165, 1.54) is 70.1 Å². The van der Waals surface area contributed by atoms with Gasteiger partial charge in [0, 0.05) is 36.9 Å². The molecule has 0 fully saturated rings. The van der Waals surface area contributed by atoms with E-state index in [4.69, 9.17) is 9.97 Å². The van der Waals surface area contributed by atoms with Gasteiger partial charge in [-0.3, -0.25) is 0 Å². The van der Waals surface area contributed by atoms with Crippen molar-refractivity contribution in [3.05, 3.63) is 241 Å². The van der Waals surface area contributed by atoms with Crippen LogP contribution in [0.25, 0.3) is 87.1 Å². The van der Waals surface area contributed by atoms with Gasteiger partial charge in [-0.1, -0.05) is 194 Å². The smallest absolute Gasteiger partial charge is 0.160 e. The van der Waals surface area contributed by atoms with Crippen LogP contribution in [0.1, 0.15) is 22.3 Å². The molecule has 0 spiro atoms. The number of aromatic nitrogens is 2. The van der Waals surface area contributed by atoms with Crippen LogP contribution in [0.3, 0.4) is 0 Å². The predicted molar refractivity (Wildman–Crippen MR) is 251 cm³/mol. The van der Waals surface area contributed by atoms with E-state index in [9.17, 15) is 0 Å². The number of fused-ring (bicyclic) bond motifs is 7. The number of rotatable bonds is 6. The molecule has 2 heterocycles. The maximum absolute atomic E-state index is 5.46. The Labute approximate surface area is 352 Å². The standard InChI is InChI=1S/C57H36N2S/c1-3-17-42(18-4-1)57(43-19-5-2-6-20-43)48-25-11-9-21-45(48)54-46(24-13-26-49(54)57)51-36-50(58-56(59-51)41-34-29-37-15-7-8-16-40(37)35-41)39-32-30-38(31-33-39)44-23-14-28-53-55(44)47-22-10-12-27-52(47)60-53/h1-36H. The zero-order valence-corrected chi connectivity index (χ0v) is 33.4. The van der Waals surface area contributed by atoms with Gasteiger partial charge in [0.05, 0.1) is 16.8 Å². The van der Waals surface area contributed by atoms with E-state index < -0.39 is 5.41 Å². The third-order valence-electron chi connectivity index (χ3n) is 12.4.